The summed E-state index contributed by atoms with van der Waals surface area (Å²) in [7, 11) is 0. The monoisotopic (exact) mass is 571 g/mol. The molecular formula is C29H30FN9O3. The molecule has 1 N–H and O–H groups in total. The number of carbonyl (C=O) groups is 2. The number of nitrogens with zero attached hydrogens (tertiary/aromatic N) is 8. The Morgan fingerprint density at radius 1 is 1.17 bits per heavy atom. The molecule has 13 heteroatoms. The second-order valence-corrected chi connectivity index (χ2v) is 11.4. The van der Waals surface area contributed by atoms with Crippen LogP contribution < -0.4 is 10.2 Å². The standard InChI is InChI=1S/C29H30FN9O3/c30-25-11-20(39-14-21(42-28(39)41)13-38-10-7-34-35-38)2-3-22(25)19-1-4-26(33-12-19)29(18-31)23-15-37(16-24(23)29)27(40)17-36-8-5-32-6-9-36/h1-4,7,10-12,21,23-24,32H,5-6,8-9,13-17H2/t21-,23-,24+,29?/m0/s1. The lowest BCUT2D eigenvalue weighted by Crippen LogP contribution is -2.48. The number of piperidine rings is 1. The Hall–Kier alpha value is -4.41. The number of hydrogen-bond donors (Lipinski definition) is 1. The molecule has 1 aliphatic carbocycles. The summed E-state index contributed by atoms with van der Waals surface area (Å²) in [5.74, 6) is -0.271. The second-order valence-electron chi connectivity index (χ2n) is 11.4. The summed E-state index contributed by atoms with van der Waals surface area (Å²) >= 11 is 0. The van der Waals surface area contributed by atoms with Crippen LogP contribution in [0, 0.1) is 29.0 Å². The maximum absolute atomic E-state index is 15.3. The number of halogens is 1. The average molecular weight is 572 g/mol. The van der Waals surface area contributed by atoms with Gasteiger partial charge in [-0.3, -0.25) is 19.6 Å². The van der Waals surface area contributed by atoms with E-state index in [0.29, 0.717) is 48.7 Å². The maximum atomic E-state index is 15.3. The third kappa shape index (κ3) is 4.56. The number of nitriles is 1. The summed E-state index contributed by atoms with van der Waals surface area (Å²) in [5.41, 5.74) is 1.26. The molecule has 3 aliphatic heterocycles. The molecule has 42 heavy (non-hydrogen) atoms. The summed E-state index contributed by atoms with van der Waals surface area (Å²) in [6.45, 7) is 5.68. The van der Waals surface area contributed by atoms with Crippen molar-refractivity contribution in [3.8, 4) is 17.2 Å². The predicted octanol–water partition coefficient (Wildman–Crippen LogP) is 1.26. The van der Waals surface area contributed by atoms with Crippen molar-refractivity contribution in [2.75, 3.05) is 57.3 Å². The minimum atomic E-state index is -0.717. The molecule has 0 spiro atoms. The number of rotatable bonds is 7. The number of cyclic esters (lactones) is 1. The number of anilines is 1. The van der Waals surface area contributed by atoms with Crippen LogP contribution in [0.2, 0.25) is 0 Å². The molecular weight excluding hydrogens is 541 g/mol. The Bertz CT molecular complexity index is 1520. The zero-order valence-electron chi connectivity index (χ0n) is 22.9. The SMILES string of the molecule is N#CC1(c2ccc(-c3ccc(N4C[C@H](Cn5ccnn5)OC4=O)cc3F)cn2)[C@@H]2CN(C(=O)CN3CCNCC3)C[C@@H]21. The number of amides is 2. The second kappa shape index (κ2) is 10.5. The average Bonchev–Trinajstić information content (AvgIpc) is 3.51. The first-order valence-corrected chi connectivity index (χ1v) is 14.2. The van der Waals surface area contributed by atoms with E-state index >= 15 is 4.39 Å². The number of benzene rings is 1. The van der Waals surface area contributed by atoms with E-state index in [9.17, 15) is 14.9 Å². The number of pyridine rings is 1. The van der Waals surface area contributed by atoms with Crippen LogP contribution >= 0.6 is 0 Å². The Kier molecular flexibility index (Phi) is 6.59. The largest absolute Gasteiger partial charge is 0.442 e. The Morgan fingerprint density at radius 3 is 2.64 bits per heavy atom. The summed E-state index contributed by atoms with van der Waals surface area (Å²) in [6, 6.07) is 10.7. The van der Waals surface area contributed by atoms with Gasteiger partial charge < -0.3 is 15.0 Å². The number of aromatic nitrogens is 4. The molecule has 7 rings (SSSR count). The molecule has 4 fully saturated rings. The zero-order valence-corrected chi connectivity index (χ0v) is 22.9. The lowest BCUT2D eigenvalue weighted by Gasteiger charge is -2.29. The van der Waals surface area contributed by atoms with Crippen molar-refractivity contribution in [3.05, 3.63) is 60.4 Å². The Labute approximate surface area is 241 Å². The van der Waals surface area contributed by atoms with E-state index < -0.39 is 23.4 Å². The van der Waals surface area contributed by atoms with E-state index in [1.165, 1.54) is 11.0 Å². The summed E-state index contributed by atoms with van der Waals surface area (Å²) in [5, 5.41) is 21.1. The van der Waals surface area contributed by atoms with Gasteiger partial charge in [-0.15, -0.1) is 5.10 Å². The van der Waals surface area contributed by atoms with Crippen LogP contribution in [0.5, 0.6) is 0 Å². The molecule has 12 nitrogen and oxygen atoms in total. The first kappa shape index (κ1) is 26.5. The van der Waals surface area contributed by atoms with Crippen molar-refractivity contribution in [3.63, 3.8) is 0 Å². The highest BCUT2D eigenvalue weighted by molar-refractivity contribution is 5.90. The minimum Gasteiger partial charge on any atom is -0.442 e. The molecule has 4 aliphatic rings. The van der Waals surface area contributed by atoms with E-state index in [0.717, 1.165) is 26.2 Å². The van der Waals surface area contributed by atoms with Crippen LogP contribution in [0.15, 0.2) is 48.9 Å². The molecule has 216 valence electrons. The van der Waals surface area contributed by atoms with Gasteiger partial charge in [-0.2, -0.15) is 5.26 Å². The van der Waals surface area contributed by atoms with Crippen LogP contribution in [0.25, 0.3) is 11.1 Å². The van der Waals surface area contributed by atoms with Gasteiger partial charge in [0.05, 0.1) is 43.3 Å². The van der Waals surface area contributed by atoms with E-state index in [1.807, 2.05) is 4.90 Å². The number of fused-ring (bicyclic) bond motifs is 1. The molecule has 5 heterocycles. The van der Waals surface area contributed by atoms with Crippen LogP contribution in [0.3, 0.4) is 0 Å². The van der Waals surface area contributed by atoms with Gasteiger partial charge in [0.1, 0.15) is 17.3 Å². The van der Waals surface area contributed by atoms with E-state index in [2.05, 4.69) is 31.6 Å². The molecule has 1 unspecified atom stereocenters. The van der Waals surface area contributed by atoms with Crippen molar-refractivity contribution in [1.82, 2.24) is 35.1 Å². The Morgan fingerprint density at radius 2 is 1.98 bits per heavy atom. The van der Waals surface area contributed by atoms with Crippen molar-refractivity contribution < 1.29 is 18.7 Å². The van der Waals surface area contributed by atoms with Crippen molar-refractivity contribution in [2.24, 2.45) is 11.8 Å². The molecule has 0 bridgehead atoms. The lowest BCUT2D eigenvalue weighted by atomic mass is 9.95. The molecule has 2 amide bonds. The topological polar surface area (TPSA) is 133 Å². The van der Waals surface area contributed by atoms with Crippen LogP contribution in [-0.4, -0.2) is 100 Å². The smallest absolute Gasteiger partial charge is 0.414 e. The number of likely N-dealkylation sites (tertiary alicyclic amines) is 1. The van der Waals surface area contributed by atoms with Crippen molar-refractivity contribution >= 4 is 17.7 Å². The number of hydrogen-bond acceptors (Lipinski definition) is 9. The summed E-state index contributed by atoms with van der Waals surface area (Å²) in [6.07, 6.45) is 3.85. The van der Waals surface area contributed by atoms with Crippen molar-refractivity contribution in [1.29, 1.82) is 5.26 Å². The quantitative estimate of drug-likeness (QED) is 0.445. The number of nitrogens with one attached hydrogen (secondary N) is 1. The number of ether oxygens (including phenoxy) is 1. The highest BCUT2D eigenvalue weighted by Gasteiger charge is 2.71. The molecule has 2 aromatic heterocycles. The van der Waals surface area contributed by atoms with Crippen LogP contribution in [-0.2, 0) is 21.5 Å². The van der Waals surface area contributed by atoms with Gasteiger partial charge in [-0.25, -0.2) is 13.9 Å². The van der Waals surface area contributed by atoms with Gasteiger partial charge in [-0.1, -0.05) is 11.3 Å². The minimum absolute atomic E-state index is 0.0532. The molecule has 4 atom stereocenters. The molecule has 0 radical (unpaired) electrons. The van der Waals surface area contributed by atoms with Gasteiger partial charge in [0.25, 0.3) is 0 Å². The molecule has 1 aromatic carbocycles. The highest BCUT2D eigenvalue weighted by Crippen LogP contribution is 2.62. The fraction of sp³-hybridized carbons (Fsp3) is 0.448. The van der Waals surface area contributed by atoms with Gasteiger partial charge >= 0.3 is 6.09 Å². The third-order valence-corrected chi connectivity index (χ3v) is 8.99. The van der Waals surface area contributed by atoms with Gasteiger partial charge in [0.15, 0.2) is 0 Å². The van der Waals surface area contributed by atoms with Gasteiger partial charge in [-0.05, 0) is 24.3 Å². The van der Waals surface area contributed by atoms with Gasteiger partial charge in [0, 0.05) is 74.6 Å². The zero-order chi connectivity index (χ0) is 28.8. The third-order valence-electron chi connectivity index (χ3n) is 8.99. The number of piperazine rings is 1. The predicted molar refractivity (Wildman–Crippen MR) is 147 cm³/mol. The number of carbonyl (C=O) groups excluding carboxylic acids is 2. The first-order chi connectivity index (χ1) is 20.5. The molecule has 3 aromatic rings. The first-order valence-electron chi connectivity index (χ1n) is 14.2. The van der Waals surface area contributed by atoms with Crippen LogP contribution in [0.1, 0.15) is 5.69 Å². The lowest BCUT2D eigenvalue weighted by molar-refractivity contribution is -0.132. The van der Waals surface area contributed by atoms with E-state index in [4.69, 9.17) is 4.74 Å². The molecule has 1 saturated carbocycles. The highest BCUT2D eigenvalue weighted by atomic mass is 19.1. The fourth-order valence-corrected chi connectivity index (χ4v) is 6.67. The summed E-state index contributed by atoms with van der Waals surface area (Å²) in [4.78, 5) is 35.3. The van der Waals surface area contributed by atoms with Crippen LogP contribution in [0.4, 0.5) is 14.9 Å². The maximum Gasteiger partial charge on any atom is 0.414 e. The Balaban J connectivity index is 1.00. The normalized spacial score (nSPS) is 27.0. The van der Waals surface area contributed by atoms with E-state index in [-0.39, 0.29) is 24.3 Å². The van der Waals surface area contributed by atoms with E-state index in [1.54, 1.807) is 47.5 Å². The van der Waals surface area contributed by atoms with Gasteiger partial charge in [0.2, 0.25) is 5.91 Å². The molecule has 3 saturated heterocycles. The van der Waals surface area contributed by atoms with Crippen molar-refractivity contribution in [2.45, 2.75) is 18.1 Å². The summed E-state index contributed by atoms with van der Waals surface area (Å²) < 4.78 is 22.3. The fourth-order valence-electron chi connectivity index (χ4n) is 6.67.